The molecule has 0 radical (unpaired) electrons. The number of aryl methyl sites for hydroxylation is 1. The Morgan fingerprint density at radius 1 is 1.14 bits per heavy atom. The number of nitrogens with zero attached hydrogens (tertiary/aromatic N) is 3. The van der Waals surface area contributed by atoms with Crippen molar-refractivity contribution in [2.75, 3.05) is 12.4 Å². The van der Waals surface area contributed by atoms with Crippen molar-refractivity contribution in [2.45, 2.75) is 13.3 Å². The zero-order chi connectivity index (χ0) is 14.8. The van der Waals surface area contributed by atoms with Gasteiger partial charge in [0, 0.05) is 30.4 Å². The number of nitrogens with one attached hydrogen (secondary N) is 1. The highest BCUT2D eigenvalue weighted by Gasteiger charge is 2.13. The summed E-state index contributed by atoms with van der Waals surface area (Å²) >= 11 is 3.55. The van der Waals surface area contributed by atoms with Crippen molar-refractivity contribution in [2.24, 2.45) is 0 Å². The van der Waals surface area contributed by atoms with E-state index in [0.717, 1.165) is 38.7 Å². The summed E-state index contributed by atoms with van der Waals surface area (Å²) in [6.45, 7) is 2.08. The average molecular weight is 343 g/mol. The van der Waals surface area contributed by atoms with Crippen LogP contribution in [-0.4, -0.2) is 22.0 Å². The molecule has 2 aromatic heterocycles. The number of pyridine rings is 1. The van der Waals surface area contributed by atoms with E-state index in [-0.39, 0.29) is 0 Å². The molecule has 0 atom stereocenters. The SMILES string of the molecule is CCc1nc(-c2cncc3ccccc23)nc(NC)c1Br. The molecule has 0 unspecified atom stereocenters. The quantitative estimate of drug-likeness (QED) is 0.779. The second-order valence-corrected chi connectivity index (χ2v) is 5.46. The molecule has 0 bridgehead atoms. The molecule has 106 valence electrons. The van der Waals surface area contributed by atoms with Crippen molar-refractivity contribution in [3.05, 3.63) is 46.8 Å². The highest BCUT2D eigenvalue weighted by Crippen LogP contribution is 2.30. The minimum atomic E-state index is 0.698. The maximum absolute atomic E-state index is 4.68. The Labute approximate surface area is 131 Å². The average Bonchev–Trinajstić information content (AvgIpc) is 2.54. The predicted octanol–water partition coefficient (Wildman–Crippen LogP) is 4.06. The summed E-state index contributed by atoms with van der Waals surface area (Å²) in [5, 5.41) is 5.31. The van der Waals surface area contributed by atoms with Gasteiger partial charge >= 0.3 is 0 Å². The number of hydrogen-bond acceptors (Lipinski definition) is 4. The first-order chi connectivity index (χ1) is 10.2. The van der Waals surface area contributed by atoms with Crippen LogP contribution in [0.3, 0.4) is 0 Å². The number of benzene rings is 1. The Morgan fingerprint density at radius 3 is 2.71 bits per heavy atom. The van der Waals surface area contributed by atoms with E-state index in [1.54, 1.807) is 0 Å². The summed E-state index contributed by atoms with van der Waals surface area (Å²) in [5.41, 5.74) is 1.93. The Balaban J connectivity index is 2.28. The van der Waals surface area contributed by atoms with Crippen molar-refractivity contribution in [1.29, 1.82) is 0 Å². The van der Waals surface area contributed by atoms with Crippen molar-refractivity contribution < 1.29 is 0 Å². The smallest absolute Gasteiger partial charge is 0.164 e. The minimum absolute atomic E-state index is 0.698. The Bertz CT molecular complexity index is 771. The van der Waals surface area contributed by atoms with Crippen molar-refractivity contribution >= 4 is 32.5 Å². The molecule has 0 aliphatic rings. The number of rotatable bonds is 3. The first kappa shape index (κ1) is 13.9. The second-order valence-electron chi connectivity index (χ2n) is 4.67. The van der Waals surface area contributed by atoms with Crippen LogP contribution in [0.5, 0.6) is 0 Å². The van der Waals surface area contributed by atoms with Gasteiger partial charge in [0.15, 0.2) is 5.82 Å². The van der Waals surface area contributed by atoms with Gasteiger partial charge in [0.25, 0.3) is 0 Å². The molecule has 1 N–H and O–H groups in total. The van der Waals surface area contributed by atoms with Gasteiger partial charge in [0.1, 0.15) is 5.82 Å². The van der Waals surface area contributed by atoms with Crippen molar-refractivity contribution in [3.63, 3.8) is 0 Å². The molecule has 2 heterocycles. The number of halogens is 1. The molecule has 0 fully saturated rings. The maximum Gasteiger partial charge on any atom is 0.164 e. The summed E-state index contributed by atoms with van der Waals surface area (Å²) < 4.78 is 0.921. The molecule has 0 spiro atoms. The zero-order valence-corrected chi connectivity index (χ0v) is 13.5. The lowest BCUT2D eigenvalue weighted by Gasteiger charge is -2.11. The first-order valence-electron chi connectivity index (χ1n) is 6.82. The molecule has 0 saturated carbocycles. The lowest BCUT2D eigenvalue weighted by molar-refractivity contribution is 0.991. The third-order valence-electron chi connectivity index (χ3n) is 3.40. The molecule has 4 nitrogen and oxygen atoms in total. The molecule has 0 aliphatic heterocycles. The van der Waals surface area contributed by atoms with Gasteiger partial charge in [-0.15, -0.1) is 0 Å². The van der Waals surface area contributed by atoms with Gasteiger partial charge in [-0.3, -0.25) is 4.98 Å². The van der Waals surface area contributed by atoms with Crippen LogP contribution >= 0.6 is 15.9 Å². The van der Waals surface area contributed by atoms with E-state index in [0.29, 0.717) is 5.82 Å². The van der Waals surface area contributed by atoms with Gasteiger partial charge in [0.05, 0.1) is 10.2 Å². The molecule has 0 amide bonds. The standard InChI is InChI=1S/C16H15BrN4/c1-3-13-14(17)16(18-2)21-15(20-13)12-9-19-8-10-6-4-5-7-11(10)12/h4-9H,3H2,1-2H3,(H,18,20,21). The summed E-state index contributed by atoms with van der Waals surface area (Å²) in [5.74, 6) is 1.49. The topological polar surface area (TPSA) is 50.7 Å². The van der Waals surface area contributed by atoms with E-state index in [1.807, 2.05) is 37.6 Å². The fourth-order valence-corrected chi connectivity index (χ4v) is 2.96. The Kier molecular flexibility index (Phi) is 3.84. The third-order valence-corrected chi connectivity index (χ3v) is 4.23. The van der Waals surface area contributed by atoms with E-state index < -0.39 is 0 Å². The number of hydrogen-bond donors (Lipinski definition) is 1. The molecule has 1 aromatic carbocycles. The summed E-state index contributed by atoms with van der Waals surface area (Å²) in [6.07, 6.45) is 4.52. The number of aromatic nitrogens is 3. The molecular formula is C16H15BrN4. The predicted molar refractivity (Wildman–Crippen MR) is 89.4 cm³/mol. The van der Waals surface area contributed by atoms with Crippen LogP contribution in [0.1, 0.15) is 12.6 Å². The van der Waals surface area contributed by atoms with Gasteiger partial charge < -0.3 is 5.32 Å². The first-order valence-corrected chi connectivity index (χ1v) is 7.61. The van der Waals surface area contributed by atoms with Crippen LogP contribution in [0.15, 0.2) is 41.1 Å². The largest absolute Gasteiger partial charge is 0.372 e. The summed E-state index contributed by atoms with van der Waals surface area (Å²) in [4.78, 5) is 13.6. The van der Waals surface area contributed by atoms with Gasteiger partial charge in [-0.2, -0.15) is 0 Å². The van der Waals surface area contributed by atoms with Crippen LogP contribution in [0.25, 0.3) is 22.2 Å². The highest BCUT2D eigenvalue weighted by molar-refractivity contribution is 9.10. The molecule has 0 aliphatic carbocycles. The van der Waals surface area contributed by atoms with E-state index in [1.165, 1.54) is 0 Å². The van der Waals surface area contributed by atoms with Crippen molar-refractivity contribution in [1.82, 2.24) is 15.0 Å². The lowest BCUT2D eigenvalue weighted by Crippen LogP contribution is -2.03. The van der Waals surface area contributed by atoms with Gasteiger partial charge in [-0.1, -0.05) is 31.2 Å². The van der Waals surface area contributed by atoms with Crippen LogP contribution < -0.4 is 5.32 Å². The molecule has 0 saturated heterocycles. The van der Waals surface area contributed by atoms with Crippen molar-refractivity contribution in [3.8, 4) is 11.4 Å². The molecular weight excluding hydrogens is 328 g/mol. The van der Waals surface area contributed by atoms with Gasteiger partial charge in [0.2, 0.25) is 0 Å². The summed E-state index contributed by atoms with van der Waals surface area (Å²) in [6, 6.07) is 8.14. The van der Waals surface area contributed by atoms with Crippen LogP contribution in [-0.2, 0) is 6.42 Å². The number of fused-ring (bicyclic) bond motifs is 1. The minimum Gasteiger partial charge on any atom is -0.372 e. The van der Waals surface area contributed by atoms with Gasteiger partial charge in [-0.05, 0) is 27.7 Å². The zero-order valence-electron chi connectivity index (χ0n) is 11.9. The molecule has 3 rings (SSSR count). The van der Waals surface area contributed by atoms with Crippen LogP contribution in [0, 0.1) is 0 Å². The van der Waals surface area contributed by atoms with E-state index in [2.05, 4.69) is 49.2 Å². The van der Waals surface area contributed by atoms with Gasteiger partial charge in [-0.25, -0.2) is 9.97 Å². The summed E-state index contributed by atoms with van der Waals surface area (Å²) in [7, 11) is 1.86. The maximum atomic E-state index is 4.68. The second kappa shape index (κ2) is 5.77. The van der Waals surface area contributed by atoms with Crippen LogP contribution in [0.2, 0.25) is 0 Å². The van der Waals surface area contributed by atoms with E-state index in [9.17, 15) is 0 Å². The Morgan fingerprint density at radius 2 is 1.95 bits per heavy atom. The van der Waals surface area contributed by atoms with E-state index >= 15 is 0 Å². The lowest BCUT2D eigenvalue weighted by atomic mass is 10.1. The monoisotopic (exact) mass is 342 g/mol. The normalized spacial score (nSPS) is 10.8. The van der Waals surface area contributed by atoms with E-state index in [4.69, 9.17) is 0 Å². The molecule has 21 heavy (non-hydrogen) atoms. The molecule has 5 heteroatoms. The third kappa shape index (κ3) is 2.49. The Hall–Kier alpha value is -2.01. The fourth-order valence-electron chi connectivity index (χ4n) is 2.31. The van der Waals surface area contributed by atoms with Crippen LogP contribution in [0.4, 0.5) is 5.82 Å². The highest BCUT2D eigenvalue weighted by atomic mass is 79.9. The number of anilines is 1. The molecule has 3 aromatic rings. The fraction of sp³-hybridized carbons (Fsp3) is 0.188.